The number of nitrogens with zero attached hydrogens (tertiary/aromatic N) is 3. The highest BCUT2D eigenvalue weighted by Gasteiger charge is 2.19. The molecule has 2 N–H and O–H groups in total. The van der Waals surface area contributed by atoms with E-state index in [9.17, 15) is 5.11 Å². The number of morpholine rings is 1. The Bertz CT molecular complexity index is 1390. The third-order valence-corrected chi connectivity index (χ3v) is 8.14. The number of aromatic hydroxyl groups is 1. The molecule has 5 rings (SSSR count). The number of phenolic OH excluding ortho intramolecular Hbond substituents is 1. The zero-order valence-corrected chi connectivity index (χ0v) is 24.8. The molecule has 1 aliphatic rings. The summed E-state index contributed by atoms with van der Waals surface area (Å²) in [5, 5.41) is 14.2. The summed E-state index contributed by atoms with van der Waals surface area (Å²) in [6, 6.07) is 17.4. The Morgan fingerprint density at radius 3 is 2.38 bits per heavy atom. The van der Waals surface area contributed by atoms with Crippen LogP contribution in [0.15, 0.2) is 67.0 Å². The van der Waals surface area contributed by atoms with Gasteiger partial charge in [0.25, 0.3) is 0 Å². The van der Waals surface area contributed by atoms with E-state index in [1.165, 1.54) is 10.4 Å². The largest absolute Gasteiger partial charge is 0.508 e. The van der Waals surface area contributed by atoms with Gasteiger partial charge in [-0.05, 0) is 79.8 Å². The summed E-state index contributed by atoms with van der Waals surface area (Å²) in [7, 11) is 0. The van der Waals surface area contributed by atoms with E-state index in [-0.39, 0.29) is 11.8 Å². The molecule has 2 radical (unpaired) electrons. The molecule has 2 aromatic carbocycles. The monoisotopic (exact) mass is 586 g/mol. The number of rotatable bonds is 14. The first kappa shape index (κ1) is 29.8. The van der Waals surface area contributed by atoms with Gasteiger partial charge in [-0.15, -0.1) is 11.3 Å². The van der Waals surface area contributed by atoms with E-state index in [1.54, 1.807) is 29.5 Å². The normalized spacial score (nSPS) is 14.4. The summed E-state index contributed by atoms with van der Waals surface area (Å²) in [6.45, 7) is 13.2. The van der Waals surface area contributed by atoms with Crippen LogP contribution in [-0.2, 0) is 11.3 Å². The Balaban J connectivity index is 1.14. The van der Waals surface area contributed by atoms with Crippen LogP contribution < -0.4 is 14.8 Å². The van der Waals surface area contributed by atoms with Crippen molar-refractivity contribution in [2.75, 3.05) is 44.8 Å². The average Bonchev–Trinajstić information content (AvgIpc) is 3.41. The summed E-state index contributed by atoms with van der Waals surface area (Å²) in [5.74, 6) is 1.52. The highest BCUT2D eigenvalue weighted by molar-refractivity contribution is 7.16. The van der Waals surface area contributed by atoms with E-state index in [4.69, 9.17) is 26.1 Å². The summed E-state index contributed by atoms with van der Waals surface area (Å²) in [4.78, 5) is 12.8. The molecule has 220 valence electrons. The highest BCUT2D eigenvalue weighted by Crippen LogP contribution is 2.35. The van der Waals surface area contributed by atoms with Crippen molar-refractivity contribution in [3.63, 3.8) is 0 Å². The van der Waals surface area contributed by atoms with Crippen molar-refractivity contribution in [3.05, 3.63) is 89.9 Å². The van der Waals surface area contributed by atoms with Crippen molar-refractivity contribution in [3.8, 4) is 28.5 Å². The van der Waals surface area contributed by atoms with Crippen LogP contribution in [0.2, 0.25) is 0 Å². The van der Waals surface area contributed by atoms with Crippen LogP contribution in [0.25, 0.3) is 11.3 Å². The number of benzene rings is 2. The number of nitrogens with one attached hydrogen (secondary N) is 1. The number of phenols is 1. The fourth-order valence-electron chi connectivity index (χ4n) is 4.71. The summed E-state index contributed by atoms with van der Waals surface area (Å²) >= 11 is 1.72. The van der Waals surface area contributed by atoms with Crippen molar-refractivity contribution in [1.82, 2.24) is 14.9 Å². The predicted octanol–water partition coefficient (Wildman–Crippen LogP) is 6.60. The number of aromatic nitrogens is 2. The van der Waals surface area contributed by atoms with Crippen molar-refractivity contribution >= 4 is 16.5 Å². The molecule has 1 atom stereocenters. The molecule has 0 amide bonds. The van der Waals surface area contributed by atoms with Crippen LogP contribution >= 0.6 is 11.3 Å². The number of hydrogen-bond donors (Lipinski definition) is 2. The third kappa shape index (κ3) is 8.44. The number of thiazole rings is 1. The highest BCUT2D eigenvalue weighted by atomic mass is 32.1. The Kier molecular flexibility index (Phi) is 10.6. The quantitative estimate of drug-likeness (QED) is 0.160. The van der Waals surface area contributed by atoms with Crippen molar-refractivity contribution < 1.29 is 19.3 Å². The molecular weight excluding hydrogens is 548 g/mol. The first-order valence-electron chi connectivity index (χ1n) is 14.5. The molecular formula is C33H38N4O4S. The predicted molar refractivity (Wildman–Crippen MR) is 166 cm³/mol. The molecule has 9 heteroatoms. The molecule has 1 aliphatic heterocycles. The van der Waals surface area contributed by atoms with Crippen molar-refractivity contribution in [2.45, 2.75) is 38.8 Å². The minimum absolute atomic E-state index is 0.0442. The number of ether oxygens (including phenoxy) is 3. The van der Waals surface area contributed by atoms with Gasteiger partial charge in [0, 0.05) is 55.5 Å². The topological polar surface area (TPSA) is 89.0 Å². The summed E-state index contributed by atoms with van der Waals surface area (Å²) in [5.41, 5.74) is 3.61. The first-order valence-corrected chi connectivity index (χ1v) is 15.3. The van der Waals surface area contributed by atoms with Crippen molar-refractivity contribution in [2.24, 2.45) is 0 Å². The maximum absolute atomic E-state index is 9.68. The maximum atomic E-state index is 9.68. The second kappa shape index (κ2) is 15.0. The molecule has 1 fully saturated rings. The fraction of sp³-hybridized carbons (Fsp3) is 0.364. The second-order valence-electron chi connectivity index (χ2n) is 10.3. The summed E-state index contributed by atoms with van der Waals surface area (Å²) < 4.78 is 17.2. The third-order valence-electron chi connectivity index (χ3n) is 7.17. The molecule has 4 aromatic rings. The van der Waals surface area contributed by atoms with E-state index in [0.29, 0.717) is 24.5 Å². The van der Waals surface area contributed by atoms with E-state index in [2.05, 4.69) is 34.3 Å². The van der Waals surface area contributed by atoms with E-state index in [0.717, 1.165) is 74.2 Å². The van der Waals surface area contributed by atoms with Gasteiger partial charge in [0.1, 0.15) is 17.2 Å². The van der Waals surface area contributed by atoms with Gasteiger partial charge in [0.15, 0.2) is 5.13 Å². The lowest BCUT2D eigenvalue weighted by atomic mass is 10.1. The second-order valence-corrected chi connectivity index (χ2v) is 11.4. The van der Waals surface area contributed by atoms with Crippen molar-refractivity contribution in [1.29, 1.82) is 0 Å². The smallest absolute Gasteiger partial charge is 0.184 e. The standard InChI is InChI=1S/C33H38N4O4S/c1-24-6-9-29(22-30(24)38)41-19-5-3-4-18-40-28-10-7-27(8-11-28)32-31(23-37-16-20-39-21-17-37)42-33(36-32)35-25(2)26-12-14-34-15-13-26/h1,6-15,22,25,38H,3-5,16-21,23H2,2H3,(H,35,36). The Morgan fingerprint density at radius 1 is 0.976 bits per heavy atom. The maximum Gasteiger partial charge on any atom is 0.184 e. The molecule has 0 spiro atoms. The van der Waals surface area contributed by atoms with Gasteiger partial charge >= 0.3 is 0 Å². The number of unbranched alkanes of at least 4 members (excludes halogenated alkanes) is 2. The first-order chi connectivity index (χ1) is 20.5. The lowest BCUT2D eigenvalue weighted by Crippen LogP contribution is -2.35. The van der Waals surface area contributed by atoms with Gasteiger partial charge in [0.05, 0.1) is 38.2 Å². The average molecular weight is 587 g/mol. The van der Waals surface area contributed by atoms with Gasteiger partial charge in [-0.1, -0.05) is 6.07 Å². The van der Waals surface area contributed by atoms with Gasteiger partial charge in [-0.25, -0.2) is 4.98 Å². The number of anilines is 1. The van der Waals surface area contributed by atoms with Gasteiger partial charge in [0.2, 0.25) is 0 Å². The minimum Gasteiger partial charge on any atom is -0.508 e. The SMILES string of the molecule is [CH]c1ccc(OCCCCCOc2ccc(-c3nc(NC(C)c4ccncc4)sc3CN3CCOCC3)cc2)cc1O. The molecule has 0 bridgehead atoms. The summed E-state index contributed by atoms with van der Waals surface area (Å²) in [6.07, 6.45) is 6.45. The van der Waals surface area contributed by atoms with E-state index >= 15 is 0 Å². The molecule has 0 aliphatic carbocycles. The van der Waals surface area contributed by atoms with Crippen LogP contribution in [0.3, 0.4) is 0 Å². The van der Waals surface area contributed by atoms with E-state index < -0.39 is 0 Å². The Labute approximate surface area is 252 Å². The zero-order chi connectivity index (χ0) is 29.1. The zero-order valence-electron chi connectivity index (χ0n) is 24.0. The van der Waals surface area contributed by atoms with Crippen LogP contribution in [0.5, 0.6) is 17.2 Å². The van der Waals surface area contributed by atoms with Gasteiger partial charge in [-0.2, -0.15) is 0 Å². The van der Waals surface area contributed by atoms with Crippen LogP contribution in [0.4, 0.5) is 5.13 Å². The molecule has 8 nitrogen and oxygen atoms in total. The molecule has 3 heterocycles. The van der Waals surface area contributed by atoms with Gasteiger partial charge < -0.3 is 24.6 Å². The lowest BCUT2D eigenvalue weighted by Gasteiger charge is -2.26. The number of hydrogen-bond acceptors (Lipinski definition) is 9. The molecule has 2 aromatic heterocycles. The lowest BCUT2D eigenvalue weighted by molar-refractivity contribution is 0.0347. The molecule has 42 heavy (non-hydrogen) atoms. The Hall–Kier alpha value is -3.66. The number of pyridine rings is 1. The minimum atomic E-state index is 0.0442. The van der Waals surface area contributed by atoms with Crippen LogP contribution in [0, 0.1) is 6.92 Å². The fourth-order valence-corrected chi connectivity index (χ4v) is 5.83. The molecule has 0 saturated carbocycles. The Morgan fingerprint density at radius 2 is 1.67 bits per heavy atom. The molecule has 1 unspecified atom stereocenters. The van der Waals surface area contributed by atoms with Gasteiger partial charge in [-0.3, -0.25) is 9.88 Å². The molecule has 1 saturated heterocycles. The van der Waals surface area contributed by atoms with E-state index in [1.807, 2.05) is 36.7 Å². The van der Waals surface area contributed by atoms with Crippen LogP contribution in [0.1, 0.15) is 48.2 Å². The van der Waals surface area contributed by atoms with Crippen LogP contribution in [-0.4, -0.2) is 59.5 Å².